The molecule has 4 nitrogen and oxygen atoms in total. The van der Waals surface area contributed by atoms with Gasteiger partial charge >= 0.3 is 6.16 Å². The number of cyclic esters (lactones) is 2. The minimum Gasteiger partial charge on any atom is -0.434 e. The normalized spacial score (nSPS) is 20.0. The molecule has 1 aliphatic heterocycles. The smallest absolute Gasteiger partial charge is 0.434 e. The van der Waals surface area contributed by atoms with Crippen LogP contribution < -0.4 is 5.73 Å². The average Bonchev–Trinajstić information content (AvgIpc) is 2.50. The Kier molecular flexibility index (Phi) is 3.63. The molecule has 0 spiro atoms. The van der Waals surface area contributed by atoms with Crippen molar-refractivity contribution in [2.45, 2.75) is 31.6 Å². The topological polar surface area (TPSA) is 61.5 Å². The number of hydrogen-bond donors (Lipinski definition) is 1. The summed E-state index contributed by atoms with van der Waals surface area (Å²) in [5.41, 5.74) is 10.5. The van der Waals surface area contributed by atoms with Crippen molar-refractivity contribution in [2.75, 3.05) is 18.9 Å². The van der Waals surface area contributed by atoms with Gasteiger partial charge in [-0.15, -0.1) is 0 Å². The summed E-state index contributed by atoms with van der Waals surface area (Å²) in [4.78, 5) is 10.9. The molecule has 1 aromatic rings. The first kappa shape index (κ1) is 13.0. The highest BCUT2D eigenvalue weighted by Gasteiger charge is 2.23. The quantitative estimate of drug-likeness (QED) is 0.662. The Bertz CT molecular complexity index is 541. The number of allylic oxidation sites excluding steroid dienone is 2. The number of carbonyl (C=O) groups is 1. The number of rotatable bonds is 2. The number of nitrogens with two attached hydrogens (primary N) is 1. The zero-order chi connectivity index (χ0) is 13.9. The first-order valence-corrected chi connectivity index (χ1v) is 7.12. The molecule has 106 valence electrons. The molecule has 0 amide bonds. The number of ether oxygens (including phenoxy) is 2. The second kappa shape index (κ2) is 5.57. The Morgan fingerprint density at radius 1 is 1.15 bits per heavy atom. The van der Waals surface area contributed by atoms with Gasteiger partial charge in [-0.25, -0.2) is 4.79 Å². The first-order chi connectivity index (χ1) is 9.74. The fourth-order valence-corrected chi connectivity index (χ4v) is 2.81. The van der Waals surface area contributed by atoms with Crippen LogP contribution >= 0.6 is 0 Å². The van der Waals surface area contributed by atoms with Gasteiger partial charge in [-0.2, -0.15) is 0 Å². The van der Waals surface area contributed by atoms with Gasteiger partial charge in [0.1, 0.15) is 13.2 Å². The predicted octanol–water partition coefficient (Wildman–Crippen LogP) is 3.48. The van der Waals surface area contributed by atoms with E-state index < -0.39 is 6.16 Å². The maximum Gasteiger partial charge on any atom is 0.508 e. The van der Waals surface area contributed by atoms with Gasteiger partial charge in [0.15, 0.2) is 0 Å². The lowest BCUT2D eigenvalue weighted by atomic mass is 9.89. The molecule has 0 saturated carbocycles. The third kappa shape index (κ3) is 2.64. The summed E-state index contributed by atoms with van der Waals surface area (Å²) in [5.74, 6) is 0.0937. The van der Waals surface area contributed by atoms with Gasteiger partial charge in [-0.05, 0) is 49.0 Å². The molecule has 1 aromatic carbocycles. The maximum absolute atomic E-state index is 10.9. The third-order valence-electron chi connectivity index (χ3n) is 3.99. The minimum atomic E-state index is -0.577. The Morgan fingerprint density at radius 2 is 1.95 bits per heavy atom. The highest BCUT2D eigenvalue weighted by atomic mass is 16.7. The van der Waals surface area contributed by atoms with Gasteiger partial charge in [0.2, 0.25) is 0 Å². The van der Waals surface area contributed by atoms with E-state index >= 15 is 0 Å². The SMILES string of the molecule is Nc1ccc(C2COC(=O)OC2)cc1C1=CCCCC1. The maximum atomic E-state index is 10.9. The molecule has 1 heterocycles. The van der Waals surface area contributed by atoms with E-state index in [4.69, 9.17) is 15.2 Å². The van der Waals surface area contributed by atoms with Crippen molar-refractivity contribution < 1.29 is 14.3 Å². The van der Waals surface area contributed by atoms with Gasteiger partial charge in [0.25, 0.3) is 0 Å². The largest absolute Gasteiger partial charge is 0.508 e. The van der Waals surface area contributed by atoms with E-state index in [2.05, 4.69) is 12.1 Å². The first-order valence-electron chi connectivity index (χ1n) is 7.12. The predicted molar refractivity (Wildman–Crippen MR) is 77.3 cm³/mol. The van der Waals surface area contributed by atoms with Crippen LogP contribution in [-0.2, 0) is 9.47 Å². The number of nitrogen functional groups attached to an aromatic ring is 1. The monoisotopic (exact) mass is 273 g/mol. The number of hydrogen-bond acceptors (Lipinski definition) is 4. The van der Waals surface area contributed by atoms with Crippen molar-refractivity contribution in [2.24, 2.45) is 0 Å². The van der Waals surface area contributed by atoms with Crippen LogP contribution in [-0.4, -0.2) is 19.4 Å². The highest BCUT2D eigenvalue weighted by molar-refractivity contribution is 5.76. The van der Waals surface area contributed by atoms with Crippen molar-refractivity contribution >= 4 is 17.4 Å². The Balaban J connectivity index is 1.86. The number of carbonyl (C=O) groups excluding carboxylic acids is 1. The Hall–Kier alpha value is -1.97. The summed E-state index contributed by atoms with van der Waals surface area (Å²) in [6.45, 7) is 0.752. The molecule has 2 aliphatic rings. The Morgan fingerprint density at radius 3 is 2.65 bits per heavy atom. The van der Waals surface area contributed by atoms with Gasteiger partial charge in [-0.1, -0.05) is 12.1 Å². The van der Waals surface area contributed by atoms with Gasteiger partial charge in [0, 0.05) is 11.3 Å². The standard InChI is InChI=1S/C16H19NO3/c17-15-7-6-12(13-9-19-16(18)20-10-13)8-14(15)11-4-2-1-3-5-11/h4,6-8,13H,1-3,5,9-10,17H2. The van der Waals surface area contributed by atoms with Crippen LogP contribution in [0.15, 0.2) is 24.3 Å². The fraction of sp³-hybridized carbons (Fsp3) is 0.438. The van der Waals surface area contributed by atoms with E-state index in [-0.39, 0.29) is 5.92 Å². The second-order valence-electron chi connectivity index (χ2n) is 5.39. The summed E-state index contributed by atoms with van der Waals surface area (Å²) < 4.78 is 9.91. The molecule has 1 aliphatic carbocycles. The van der Waals surface area contributed by atoms with E-state index in [0.29, 0.717) is 13.2 Å². The van der Waals surface area contributed by atoms with Gasteiger partial charge in [0.05, 0.1) is 5.92 Å². The molecule has 0 radical (unpaired) electrons. The molecule has 0 unspecified atom stereocenters. The molecule has 0 bridgehead atoms. The number of benzene rings is 1. The van der Waals surface area contributed by atoms with Crippen LogP contribution in [0.2, 0.25) is 0 Å². The summed E-state index contributed by atoms with van der Waals surface area (Å²) in [6.07, 6.45) is 6.41. The van der Waals surface area contributed by atoms with Gasteiger partial charge < -0.3 is 15.2 Å². The van der Waals surface area contributed by atoms with E-state index in [1.165, 1.54) is 18.4 Å². The minimum absolute atomic E-state index is 0.0937. The van der Waals surface area contributed by atoms with Crippen LogP contribution in [0.3, 0.4) is 0 Å². The van der Waals surface area contributed by atoms with Crippen LogP contribution in [0.1, 0.15) is 42.7 Å². The lowest BCUT2D eigenvalue weighted by molar-refractivity contribution is 0.00722. The summed E-state index contributed by atoms with van der Waals surface area (Å²) in [7, 11) is 0. The summed E-state index contributed by atoms with van der Waals surface area (Å²) >= 11 is 0. The van der Waals surface area contributed by atoms with Crippen LogP contribution in [0.4, 0.5) is 10.5 Å². The zero-order valence-electron chi connectivity index (χ0n) is 11.4. The van der Waals surface area contributed by atoms with Crippen LogP contribution in [0.25, 0.3) is 5.57 Å². The molecule has 0 atom stereocenters. The van der Waals surface area contributed by atoms with Crippen molar-refractivity contribution in [1.29, 1.82) is 0 Å². The lowest BCUT2D eigenvalue weighted by Gasteiger charge is -2.23. The fourth-order valence-electron chi connectivity index (χ4n) is 2.81. The highest BCUT2D eigenvalue weighted by Crippen LogP contribution is 2.33. The molecule has 2 N–H and O–H groups in total. The van der Waals surface area contributed by atoms with Crippen LogP contribution in [0, 0.1) is 0 Å². The second-order valence-corrected chi connectivity index (χ2v) is 5.39. The Labute approximate surface area is 118 Å². The average molecular weight is 273 g/mol. The molecular weight excluding hydrogens is 254 g/mol. The molecular formula is C16H19NO3. The summed E-state index contributed by atoms with van der Waals surface area (Å²) in [6, 6.07) is 6.06. The molecule has 4 heteroatoms. The molecule has 1 fully saturated rings. The van der Waals surface area contributed by atoms with Crippen molar-refractivity contribution in [3.63, 3.8) is 0 Å². The van der Waals surface area contributed by atoms with E-state index in [1.807, 2.05) is 12.1 Å². The van der Waals surface area contributed by atoms with Crippen molar-refractivity contribution in [3.8, 4) is 0 Å². The van der Waals surface area contributed by atoms with Crippen LogP contribution in [0.5, 0.6) is 0 Å². The third-order valence-corrected chi connectivity index (χ3v) is 3.99. The molecule has 0 aromatic heterocycles. The molecule has 3 rings (SSSR count). The van der Waals surface area contributed by atoms with Crippen molar-refractivity contribution in [3.05, 3.63) is 35.4 Å². The number of anilines is 1. The molecule has 20 heavy (non-hydrogen) atoms. The zero-order valence-corrected chi connectivity index (χ0v) is 11.4. The van der Waals surface area contributed by atoms with E-state index in [9.17, 15) is 4.79 Å². The lowest BCUT2D eigenvalue weighted by Crippen LogP contribution is -2.25. The van der Waals surface area contributed by atoms with Gasteiger partial charge in [-0.3, -0.25) is 0 Å². The van der Waals surface area contributed by atoms with E-state index in [1.54, 1.807) is 0 Å². The van der Waals surface area contributed by atoms with E-state index in [0.717, 1.165) is 29.7 Å². The van der Waals surface area contributed by atoms with Crippen molar-refractivity contribution in [1.82, 2.24) is 0 Å². The molecule has 1 saturated heterocycles. The summed E-state index contributed by atoms with van der Waals surface area (Å²) in [5, 5.41) is 0.